The van der Waals surface area contributed by atoms with Crippen LogP contribution < -0.4 is 0 Å². The molecule has 8 heteroatoms. The first-order chi connectivity index (χ1) is 11.4. The van der Waals surface area contributed by atoms with Gasteiger partial charge in [0, 0.05) is 12.8 Å². The van der Waals surface area contributed by atoms with Crippen molar-refractivity contribution in [3.8, 4) is 0 Å². The first kappa shape index (κ1) is 19.1. The molecule has 0 spiro atoms. The highest BCUT2D eigenvalue weighted by atomic mass is 16.5. The molecule has 0 heterocycles. The van der Waals surface area contributed by atoms with Crippen LogP contribution >= 0.6 is 0 Å². The summed E-state index contributed by atoms with van der Waals surface area (Å²) in [6, 6.07) is 5.58. The van der Waals surface area contributed by atoms with Crippen molar-refractivity contribution in [2.45, 2.75) is 25.7 Å². The summed E-state index contributed by atoms with van der Waals surface area (Å²) in [6.45, 7) is -0.00297. The van der Waals surface area contributed by atoms with Gasteiger partial charge in [-0.25, -0.2) is 9.59 Å². The minimum atomic E-state index is -0.961. The van der Waals surface area contributed by atoms with E-state index in [9.17, 15) is 19.2 Å². The molecule has 0 saturated carbocycles. The van der Waals surface area contributed by atoms with Gasteiger partial charge in [-0.1, -0.05) is 0 Å². The summed E-state index contributed by atoms with van der Waals surface area (Å²) < 4.78 is 9.81. The Morgan fingerprint density at radius 2 is 1.04 bits per heavy atom. The van der Waals surface area contributed by atoms with Crippen LogP contribution in [0.15, 0.2) is 24.3 Å². The monoisotopic (exact) mass is 338 g/mol. The van der Waals surface area contributed by atoms with Crippen molar-refractivity contribution in [3.05, 3.63) is 35.4 Å². The zero-order valence-corrected chi connectivity index (χ0v) is 12.9. The first-order valence-corrected chi connectivity index (χ1v) is 7.28. The summed E-state index contributed by atoms with van der Waals surface area (Å²) in [6.07, 6.45) is 0.281. The third-order valence-electron chi connectivity index (χ3n) is 2.89. The fourth-order valence-corrected chi connectivity index (χ4v) is 1.69. The van der Waals surface area contributed by atoms with Gasteiger partial charge in [-0.05, 0) is 37.1 Å². The Morgan fingerprint density at radius 1 is 0.708 bits per heavy atom. The largest absolute Gasteiger partial charge is 0.481 e. The summed E-state index contributed by atoms with van der Waals surface area (Å²) in [4.78, 5) is 44.1. The lowest BCUT2D eigenvalue weighted by Gasteiger charge is -2.06. The molecule has 24 heavy (non-hydrogen) atoms. The van der Waals surface area contributed by atoms with Gasteiger partial charge < -0.3 is 19.7 Å². The Balaban J connectivity index is 2.41. The Kier molecular flexibility index (Phi) is 7.97. The Labute approximate surface area is 138 Å². The second-order valence-electron chi connectivity index (χ2n) is 4.84. The Hall–Kier alpha value is -2.90. The molecule has 0 fully saturated rings. The Bertz CT molecular complexity index is 538. The third kappa shape index (κ3) is 7.39. The molecule has 0 saturated heterocycles. The average molecular weight is 338 g/mol. The lowest BCUT2D eigenvalue weighted by Crippen LogP contribution is -2.10. The SMILES string of the molecule is O=C(O)CCCOC(=O)c1ccc(C(=O)OCCCC(=O)O)cc1. The molecular formula is C16H18O8. The number of hydrogen-bond donors (Lipinski definition) is 2. The van der Waals surface area contributed by atoms with Crippen LogP contribution in [0.25, 0.3) is 0 Å². The second-order valence-corrected chi connectivity index (χ2v) is 4.84. The number of carboxylic acid groups (broad SMARTS) is 2. The maximum absolute atomic E-state index is 11.7. The smallest absolute Gasteiger partial charge is 0.338 e. The maximum atomic E-state index is 11.7. The van der Waals surface area contributed by atoms with Crippen molar-refractivity contribution in [2.75, 3.05) is 13.2 Å². The van der Waals surface area contributed by atoms with Gasteiger partial charge in [-0.2, -0.15) is 0 Å². The van der Waals surface area contributed by atoms with E-state index in [0.717, 1.165) is 0 Å². The molecule has 0 aliphatic rings. The summed E-state index contributed by atoms with van der Waals surface area (Å²) in [5.74, 6) is -3.14. The normalized spacial score (nSPS) is 10.0. The number of carboxylic acids is 2. The molecule has 0 aromatic heterocycles. The first-order valence-electron chi connectivity index (χ1n) is 7.28. The van der Waals surface area contributed by atoms with E-state index in [1.54, 1.807) is 0 Å². The summed E-state index contributed by atoms with van der Waals surface area (Å²) >= 11 is 0. The molecule has 0 aliphatic carbocycles. The quantitative estimate of drug-likeness (QED) is 0.488. The molecule has 2 N–H and O–H groups in total. The Morgan fingerprint density at radius 3 is 1.33 bits per heavy atom. The van der Waals surface area contributed by atoms with Gasteiger partial charge in [-0.3, -0.25) is 9.59 Å². The third-order valence-corrected chi connectivity index (χ3v) is 2.89. The molecule has 1 rings (SSSR count). The van der Waals surface area contributed by atoms with Gasteiger partial charge >= 0.3 is 23.9 Å². The van der Waals surface area contributed by atoms with E-state index < -0.39 is 23.9 Å². The van der Waals surface area contributed by atoms with Crippen molar-refractivity contribution in [1.29, 1.82) is 0 Å². The van der Waals surface area contributed by atoms with Gasteiger partial charge in [0.15, 0.2) is 0 Å². The predicted molar refractivity (Wildman–Crippen MR) is 80.7 cm³/mol. The van der Waals surface area contributed by atoms with Gasteiger partial charge in [0.2, 0.25) is 0 Å². The number of carbonyl (C=O) groups excluding carboxylic acids is 2. The van der Waals surface area contributed by atoms with E-state index in [1.165, 1.54) is 24.3 Å². The fraction of sp³-hybridized carbons (Fsp3) is 0.375. The van der Waals surface area contributed by atoms with Crippen LogP contribution in [0.3, 0.4) is 0 Å². The van der Waals surface area contributed by atoms with E-state index in [4.69, 9.17) is 19.7 Å². The predicted octanol–water partition coefficient (Wildman–Crippen LogP) is 1.73. The molecule has 8 nitrogen and oxygen atoms in total. The highest BCUT2D eigenvalue weighted by molar-refractivity contribution is 5.93. The fourth-order valence-electron chi connectivity index (χ4n) is 1.69. The lowest BCUT2D eigenvalue weighted by molar-refractivity contribution is -0.138. The molecule has 0 radical (unpaired) electrons. The molecule has 0 amide bonds. The van der Waals surface area contributed by atoms with Crippen molar-refractivity contribution in [1.82, 2.24) is 0 Å². The number of hydrogen-bond acceptors (Lipinski definition) is 6. The van der Waals surface area contributed by atoms with Crippen molar-refractivity contribution < 1.29 is 38.9 Å². The number of ether oxygens (including phenoxy) is 2. The molecule has 1 aromatic carbocycles. The minimum absolute atomic E-state index is 0.00148. The van der Waals surface area contributed by atoms with Gasteiger partial charge in [0.25, 0.3) is 0 Å². The zero-order chi connectivity index (χ0) is 17.9. The van der Waals surface area contributed by atoms with Crippen LogP contribution in [0.5, 0.6) is 0 Å². The number of rotatable bonds is 10. The molecule has 0 aliphatic heterocycles. The van der Waals surface area contributed by atoms with E-state index in [0.29, 0.717) is 0 Å². The molecule has 0 bridgehead atoms. The van der Waals surface area contributed by atoms with E-state index in [1.807, 2.05) is 0 Å². The molecule has 0 unspecified atom stereocenters. The van der Waals surface area contributed by atoms with Crippen LogP contribution in [-0.4, -0.2) is 47.3 Å². The number of benzene rings is 1. The van der Waals surface area contributed by atoms with Crippen molar-refractivity contribution in [2.24, 2.45) is 0 Å². The zero-order valence-electron chi connectivity index (χ0n) is 12.9. The van der Waals surface area contributed by atoms with Crippen LogP contribution in [0.2, 0.25) is 0 Å². The second kappa shape index (κ2) is 9.98. The maximum Gasteiger partial charge on any atom is 0.338 e. The summed E-state index contributed by atoms with van der Waals surface area (Å²) in [5, 5.41) is 16.9. The standard InChI is InChI=1S/C16H18O8/c17-13(18)3-1-9-23-15(21)11-5-7-12(8-6-11)16(22)24-10-2-4-14(19)20/h5-8H,1-4,9-10H2,(H,17,18)(H,19,20). The lowest BCUT2D eigenvalue weighted by atomic mass is 10.1. The molecule has 0 atom stereocenters. The number of aliphatic carboxylic acids is 2. The molecule has 130 valence electrons. The van der Waals surface area contributed by atoms with Gasteiger partial charge in [0.1, 0.15) is 0 Å². The molecule has 1 aromatic rings. The van der Waals surface area contributed by atoms with Crippen molar-refractivity contribution in [3.63, 3.8) is 0 Å². The van der Waals surface area contributed by atoms with Crippen LogP contribution in [0, 0.1) is 0 Å². The highest BCUT2D eigenvalue weighted by Gasteiger charge is 2.11. The summed E-state index contributed by atoms with van der Waals surface area (Å²) in [5.41, 5.74) is 0.459. The van der Waals surface area contributed by atoms with Crippen LogP contribution in [0.4, 0.5) is 0 Å². The highest BCUT2D eigenvalue weighted by Crippen LogP contribution is 2.08. The van der Waals surface area contributed by atoms with Crippen LogP contribution in [0.1, 0.15) is 46.4 Å². The summed E-state index contributed by atoms with van der Waals surface area (Å²) in [7, 11) is 0. The van der Waals surface area contributed by atoms with E-state index >= 15 is 0 Å². The average Bonchev–Trinajstić information content (AvgIpc) is 2.55. The van der Waals surface area contributed by atoms with Crippen molar-refractivity contribution >= 4 is 23.9 Å². The number of carbonyl (C=O) groups is 4. The topological polar surface area (TPSA) is 127 Å². The van der Waals surface area contributed by atoms with E-state index in [-0.39, 0.29) is 50.0 Å². The minimum Gasteiger partial charge on any atom is -0.481 e. The van der Waals surface area contributed by atoms with Gasteiger partial charge in [-0.15, -0.1) is 0 Å². The van der Waals surface area contributed by atoms with E-state index in [2.05, 4.69) is 0 Å². The molecular weight excluding hydrogens is 320 g/mol. The van der Waals surface area contributed by atoms with Crippen LogP contribution in [-0.2, 0) is 19.1 Å². The number of esters is 2. The van der Waals surface area contributed by atoms with Gasteiger partial charge in [0.05, 0.1) is 24.3 Å².